The summed E-state index contributed by atoms with van der Waals surface area (Å²) in [5.41, 5.74) is 0.291. The van der Waals surface area contributed by atoms with Crippen molar-refractivity contribution in [3.63, 3.8) is 0 Å². The van der Waals surface area contributed by atoms with Crippen LogP contribution in [0.25, 0.3) is 0 Å². The fourth-order valence-corrected chi connectivity index (χ4v) is 2.01. The molecule has 1 atom stereocenters. The summed E-state index contributed by atoms with van der Waals surface area (Å²) >= 11 is 0. The lowest BCUT2D eigenvalue weighted by atomic mass is 10.1. The van der Waals surface area contributed by atoms with Crippen molar-refractivity contribution >= 4 is 5.91 Å². The first-order chi connectivity index (χ1) is 8.18. The molecule has 1 amide bonds. The highest BCUT2D eigenvalue weighted by Gasteiger charge is 2.23. The van der Waals surface area contributed by atoms with Gasteiger partial charge in [-0.05, 0) is 31.5 Å². The van der Waals surface area contributed by atoms with Crippen molar-refractivity contribution in [1.29, 1.82) is 0 Å². The summed E-state index contributed by atoms with van der Waals surface area (Å²) in [5, 5.41) is 3.26. The quantitative estimate of drug-likeness (QED) is 0.836. The lowest BCUT2D eigenvalue weighted by molar-refractivity contribution is 0.0702. The van der Waals surface area contributed by atoms with Gasteiger partial charge in [0.15, 0.2) is 0 Å². The molecule has 0 aliphatic carbocycles. The molecule has 17 heavy (non-hydrogen) atoms. The van der Waals surface area contributed by atoms with Crippen molar-refractivity contribution in [2.75, 3.05) is 20.1 Å². The molecule has 0 spiro atoms. The largest absolute Gasteiger partial charge is 0.336 e. The Morgan fingerprint density at radius 1 is 1.59 bits per heavy atom. The molecule has 1 N–H and O–H groups in total. The van der Waals surface area contributed by atoms with Crippen LogP contribution in [0, 0.1) is 5.82 Å². The third-order valence-corrected chi connectivity index (χ3v) is 3.09. The molecule has 2 heterocycles. The van der Waals surface area contributed by atoms with E-state index in [4.69, 9.17) is 0 Å². The zero-order valence-corrected chi connectivity index (χ0v) is 9.82. The number of aromatic nitrogens is 1. The van der Waals surface area contributed by atoms with Gasteiger partial charge in [-0.3, -0.25) is 4.79 Å². The van der Waals surface area contributed by atoms with Crippen LogP contribution in [0.1, 0.15) is 23.3 Å². The molecular weight excluding hydrogens is 221 g/mol. The van der Waals surface area contributed by atoms with E-state index in [1.165, 1.54) is 12.1 Å². The molecule has 2 rings (SSSR count). The highest BCUT2D eigenvalue weighted by atomic mass is 19.1. The first-order valence-electron chi connectivity index (χ1n) is 5.78. The molecule has 1 fully saturated rings. The summed E-state index contributed by atoms with van der Waals surface area (Å²) in [6.07, 6.45) is 3.13. The van der Waals surface area contributed by atoms with Gasteiger partial charge in [-0.15, -0.1) is 0 Å². The normalized spacial score (nSPS) is 20.0. The average Bonchev–Trinajstić information content (AvgIpc) is 2.39. The van der Waals surface area contributed by atoms with Crippen LogP contribution in [0.2, 0.25) is 0 Å². The fourth-order valence-electron chi connectivity index (χ4n) is 2.01. The number of piperidine rings is 1. The van der Waals surface area contributed by atoms with E-state index in [9.17, 15) is 9.18 Å². The van der Waals surface area contributed by atoms with Crippen LogP contribution < -0.4 is 5.32 Å². The maximum absolute atomic E-state index is 12.7. The Morgan fingerprint density at radius 2 is 2.41 bits per heavy atom. The molecule has 1 aliphatic heterocycles. The Kier molecular flexibility index (Phi) is 3.68. The Hall–Kier alpha value is -1.49. The standard InChI is InChI=1S/C12H16FN3O/c1-16(10-3-2-6-14-8-10)12(17)11-5-4-9(13)7-15-11/h4-5,7,10,14H,2-3,6,8H2,1H3. The van der Waals surface area contributed by atoms with E-state index in [1.807, 2.05) is 0 Å². The third kappa shape index (κ3) is 2.79. The number of halogens is 1. The van der Waals surface area contributed by atoms with Crippen molar-refractivity contribution < 1.29 is 9.18 Å². The van der Waals surface area contributed by atoms with Crippen molar-refractivity contribution in [2.45, 2.75) is 18.9 Å². The van der Waals surface area contributed by atoms with Crippen molar-refractivity contribution in [3.05, 3.63) is 29.8 Å². The molecule has 0 saturated carbocycles. The molecule has 1 aromatic heterocycles. The Labute approximate surface area is 99.8 Å². The number of hydrogen-bond donors (Lipinski definition) is 1. The minimum absolute atomic E-state index is 0.154. The van der Waals surface area contributed by atoms with Gasteiger partial charge in [0, 0.05) is 19.6 Å². The van der Waals surface area contributed by atoms with E-state index < -0.39 is 5.82 Å². The summed E-state index contributed by atoms with van der Waals surface area (Å²) in [6.45, 7) is 1.82. The second-order valence-corrected chi connectivity index (χ2v) is 4.28. The molecule has 1 saturated heterocycles. The van der Waals surface area contributed by atoms with Crippen LogP contribution in [0.15, 0.2) is 18.3 Å². The van der Waals surface area contributed by atoms with Crippen LogP contribution in [0.3, 0.4) is 0 Å². The fraction of sp³-hybridized carbons (Fsp3) is 0.500. The summed E-state index contributed by atoms with van der Waals surface area (Å²) in [5.74, 6) is -0.581. The molecule has 1 aromatic rings. The molecule has 1 aliphatic rings. The average molecular weight is 237 g/mol. The van der Waals surface area contributed by atoms with Crippen molar-refractivity contribution in [1.82, 2.24) is 15.2 Å². The molecule has 1 unspecified atom stereocenters. The number of nitrogens with one attached hydrogen (secondary N) is 1. The molecule has 0 bridgehead atoms. The summed E-state index contributed by atoms with van der Waals surface area (Å²) < 4.78 is 12.7. The van der Waals surface area contributed by atoms with Crippen LogP contribution in [0.4, 0.5) is 4.39 Å². The van der Waals surface area contributed by atoms with E-state index in [0.717, 1.165) is 32.1 Å². The molecule has 4 nitrogen and oxygen atoms in total. The van der Waals surface area contributed by atoms with Gasteiger partial charge in [-0.25, -0.2) is 9.37 Å². The van der Waals surface area contributed by atoms with Gasteiger partial charge in [0.2, 0.25) is 0 Å². The number of nitrogens with zero attached hydrogens (tertiary/aromatic N) is 2. The number of hydrogen-bond acceptors (Lipinski definition) is 3. The highest BCUT2D eigenvalue weighted by molar-refractivity contribution is 5.92. The number of likely N-dealkylation sites (N-methyl/N-ethyl adjacent to an activating group) is 1. The predicted octanol–water partition coefficient (Wildman–Crippen LogP) is 1.04. The lowest BCUT2D eigenvalue weighted by Crippen LogP contribution is -2.46. The van der Waals surface area contributed by atoms with E-state index in [0.29, 0.717) is 5.69 Å². The summed E-state index contributed by atoms with van der Waals surface area (Å²) in [7, 11) is 1.77. The van der Waals surface area contributed by atoms with Gasteiger partial charge >= 0.3 is 0 Å². The second-order valence-electron chi connectivity index (χ2n) is 4.28. The lowest BCUT2D eigenvalue weighted by Gasteiger charge is -2.31. The zero-order chi connectivity index (χ0) is 12.3. The maximum Gasteiger partial charge on any atom is 0.272 e. The molecule has 0 radical (unpaired) electrons. The van der Waals surface area contributed by atoms with Crippen molar-refractivity contribution in [3.8, 4) is 0 Å². The van der Waals surface area contributed by atoms with Crippen LogP contribution >= 0.6 is 0 Å². The number of rotatable bonds is 2. The monoisotopic (exact) mass is 237 g/mol. The smallest absolute Gasteiger partial charge is 0.272 e. The second kappa shape index (κ2) is 5.23. The number of carbonyl (C=O) groups excluding carboxylic acids is 1. The minimum Gasteiger partial charge on any atom is -0.336 e. The van der Waals surface area contributed by atoms with Gasteiger partial charge in [0.1, 0.15) is 11.5 Å². The van der Waals surface area contributed by atoms with Crippen molar-refractivity contribution in [2.24, 2.45) is 0 Å². The predicted molar refractivity (Wildman–Crippen MR) is 62.2 cm³/mol. The number of amides is 1. The Balaban J connectivity index is 2.05. The van der Waals surface area contributed by atoms with Crippen LogP contribution in [0.5, 0.6) is 0 Å². The first kappa shape index (κ1) is 12.0. The Bertz CT molecular complexity index is 387. The van der Waals surface area contributed by atoms with Crippen LogP contribution in [-0.4, -0.2) is 42.0 Å². The van der Waals surface area contributed by atoms with Gasteiger partial charge in [0.25, 0.3) is 5.91 Å². The van der Waals surface area contributed by atoms with Gasteiger partial charge in [0.05, 0.1) is 6.20 Å². The topological polar surface area (TPSA) is 45.2 Å². The van der Waals surface area contributed by atoms with Gasteiger partial charge in [-0.2, -0.15) is 0 Å². The zero-order valence-electron chi connectivity index (χ0n) is 9.82. The third-order valence-electron chi connectivity index (χ3n) is 3.09. The van der Waals surface area contributed by atoms with E-state index >= 15 is 0 Å². The molecule has 5 heteroatoms. The van der Waals surface area contributed by atoms with E-state index in [2.05, 4.69) is 10.3 Å². The van der Waals surface area contributed by atoms with E-state index in [1.54, 1.807) is 11.9 Å². The molecule has 0 aromatic carbocycles. The number of carbonyl (C=O) groups is 1. The van der Waals surface area contributed by atoms with Gasteiger partial charge in [-0.1, -0.05) is 0 Å². The Morgan fingerprint density at radius 3 is 3.00 bits per heavy atom. The maximum atomic E-state index is 12.7. The van der Waals surface area contributed by atoms with Crippen LogP contribution in [-0.2, 0) is 0 Å². The number of pyridine rings is 1. The molecular formula is C12H16FN3O. The summed E-state index contributed by atoms with van der Waals surface area (Å²) in [6, 6.07) is 2.88. The summed E-state index contributed by atoms with van der Waals surface area (Å²) in [4.78, 5) is 17.6. The van der Waals surface area contributed by atoms with E-state index in [-0.39, 0.29) is 11.9 Å². The first-order valence-corrected chi connectivity index (χ1v) is 5.78. The molecule has 92 valence electrons. The SMILES string of the molecule is CN(C(=O)c1ccc(F)cn1)C1CCCNC1. The minimum atomic E-state index is -0.427. The van der Waals surface area contributed by atoms with Gasteiger partial charge < -0.3 is 10.2 Å². The highest BCUT2D eigenvalue weighted by Crippen LogP contribution is 2.11.